The Balaban J connectivity index is 3.80. The highest BCUT2D eigenvalue weighted by Gasteiger charge is 2.17. The molecule has 0 N–H and O–H groups in total. The summed E-state index contributed by atoms with van der Waals surface area (Å²) in [5.74, 6) is 0. The third-order valence-corrected chi connectivity index (χ3v) is 1.68. The van der Waals surface area contributed by atoms with Crippen molar-refractivity contribution in [3.8, 4) is 0 Å². The van der Waals surface area contributed by atoms with Gasteiger partial charge in [0.1, 0.15) is 12.9 Å². The fourth-order valence-electron chi connectivity index (χ4n) is 0.657. The van der Waals surface area contributed by atoms with E-state index in [1.165, 1.54) is 7.11 Å². The van der Waals surface area contributed by atoms with Gasteiger partial charge >= 0.3 is 0 Å². The minimum absolute atomic E-state index is 0.0421. The summed E-state index contributed by atoms with van der Waals surface area (Å²) in [6.45, 7) is -0.0421. The highest BCUT2D eigenvalue weighted by molar-refractivity contribution is 6.65. The molecular weight excluding hydrogens is 219 g/mol. The molecule has 0 aromatic rings. The van der Waals surface area contributed by atoms with Crippen LogP contribution < -0.4 is 0 Å². The van der Waals surface area contributed by atoms with Crippen LogP contribution in [0.2, 0.25) is 0 Å². The lowest BCUT2D eigenvalue weighted by Crippen LogP contribution is -2.21. The molecule has 1 atom stereocenters. The molecule has 1 unspecified atom stereocenters. The first-order chi connectivity index (χ1) is 6.07. The van der Waals surface area contributed by atoms with Crippen LogP contribution in [-0.2, 0) is 19.1 Å². The molecule has 0 amide bonds. The quantitative estimate of drug-likeness (QED) is 0.487. The standard InChI is InChI=1S/C7H10Cl2O4/c1-12-4-13-5(7(9)11)2-3-6(8)10/h5H,2-4H2,1H3. The van der Waals surface area contributed by atoms with Gasteiger partial charge in [0, 0.05) is 13.5 Å². The minimum atomic E-state index is -0.829. The van der Waals surface area contributed by atoms with Crippen LogP contribution in [0.4, 0.5) is 0 Å². The molecule has 6 heteroatoms. The molecule has 13 heavy (non-hydrogen) atoms. The third kappa shape index (κ3) is 6.95. The molecule has 76 valence electrons. The van der Waals surface area contributed by atoms with Crippen LogP contribution in [0.3, 0.4) is 0 Å². The molecule has 0 saturated carbocycles. The number of halogens is 2. The van der Waals surface area contributed by atoms with Crippen molar-refractivity contribution in [3.05, 3.63) is 0 Å². The van der Waals surface area contributed by atoms with E-state index in [4.69, 9.17) is 27.9 Å². The van der Waals surface area contributed by atoms with Gasteiger partial charge in [-0.05, 0) is 29.6 Å². The lowest BCUT2D eigenvalue weighted by Gasteiger charge is -2.11. The Bertz CT molecular complexity index is 183. The number of rotatable bonds is 7. The second-order valence-corrected chi connectivity index (χ2v) is 3.05. The molecule has 0 radical (unpaired) electrons. The average Bonchev–Trinajstić information content (AvgIpc) is 2.03. The fourth-order valence-corrected chi connectivity index (χ4v) is 0.938. The van der Waals surface area contributed by atoms with Crippen LogP contribution in [0.1, 0.15) is 12.8 Å². The van der Waals surface area contributed by atoms with Gasteiger partial charge in [0.15, 0.2) is 0 Å². The van der Waals surface area contributed by atoms with Gasteiger partial charge in [-0.25, -0.2) is 0 Å². The van der Waals surface area contributed by atoms with Gasteiger partial charge in [0.05, 0.1) is 0 Å². The molecule has 0 aromatic carbocycles. The molecule has 0 aliphatic carbocycles. The van der Waals surface area contributed by atoms with Gasteiger partial charge < -0.3 is 9.47 Å². The Morgan fingerprint density at radius 2 is 2.00 bits per heavy atom. The Hall–Kier alpha value is -0.160. The van der Waals surface area contributed by atoms with Gasteiger partial charge in [-0.1, -0.05) is 0 Å². The molecule has 0 aliphatic rings. The van der Waals surface area contributed by atoms with Crippen LogP contribution in [0.25, 0.3) is 0 Å². The van der Waals surface area contributed by atoms with E-state index in [0.29, 0.717) is 0 Å². The van der Waals surface area contributed by atoms with E-state index in [1.807, 2.05) is 0 Å². The van der Waals surface area contributed by atoms with Crippen molar-refractivity contribution in [1.82, 2.24) is 0 Å². The van der Waals surface area contributed by atoms with E-state index >= 15 is 0 Å². The minimum Gasteiger partial charge on any atom is -0.359 e. The Morgan fingerprint density at radius 1 is 1.38 bits per heavy atom. The second kappa shape index (κ2) is 7.26. The maximum absolute atomic E-state index is 10.7. The van der Waals surface area contributed by atoms with E-state index in [9.17, 15) is 9.59 Å². The third-order valence-electron chi connectivity index (χ3n) is 1.24. The molecule has 0 spiro atoms. The Kier molecular flexibility index (Phi) is 7.17. The van der Waals surface area contributed by atoms with E-state index in [1.54, 1.807) is 0 Å². The summed E-state index contributed by atoms with van der Waals surface area (Å²) in [4.78, 5) is 21.1. The SMILES string of the molecule is COCOC(CCC(=O)Cl)C(=O)Cl. The average molecular weight is 229 g/mol. The zero-order chi connectivity index (χ0) is 10.3. The number of carbonyl (C=O) groups excluding carboxylic acids is 2. The molecule has 0 aliphatic heterocycles. The van der Waals surface area contributed by atoms with E-state index in [-0.39, 0.29) is 19.6 Å². The molecule has 4 nitrogen and oxygen atoms in total. The van der Waals surface area contributed by atoms with E-state index in [2.05, 4.69) is 4.74 Å². The van der Waals surface area contributed by atoms with Crippen LogP contribution in [-0.4, -0.2) is 30.5 Å². The lowest BCUT2D eigenvalue weighted by molar-refractivity contribution is -0.132. The monoisotopic (exact) mass is 228 g/mol. The number of hydrogen-bond donors (Lipinski definition) is 0. The number of methoxy groups -OCH3 is 1. The first kappa shape index (κ1) is 12.8. The summed E-state index contributed by atoms with van der Waals surface area (Å²) < 4.78 is 9.47. The highest BCUT2D eigenvalue weighted by Crippen LogP contribution is 2.08. The molecule has 0 heterocycles. The molecule has 0 bridgehead atoms. The topological polar surface area (TPSA) is 52.6 Å². The van der Waals surface area contributed by atoms with Crippen molar-refractivity contribution in [1.29, 1.82) is 0 Å². The predicted octanol–water partition coefficient (Wildman–Crippen LogP) is 1.29. The zero-order valence-electron chi connectivity index (χ0n) is 7.09. The molecule has 0 rings (SSSR count). The molecule has 0 aromatic heterocycles. The summed E-state index contributed by atoms with van der Waals surface area (Å²) in [6.07, 6.45) is -0.605. The van der Waals surface area contributed by atoms with Gasteiger partial charge in [-0.3, -0.25) is 9.59 Å². The van der Waals surface area contributed by atoms with Crippen molar-refractivity contribution in [2.45, 2.75) is 18.9 Å². The summed E-state index contributed by atoms with van der Waals surface area (Å²) in [6, 6.07) is 0. The molecular formula is C7H10Cl2O4. The zero-order valence-corrected chi connectivity index (χ0v) is 8.60. The van der Waals surface area contributed by atoms with E-state index in [0.717, 1.165) is 0 Å². The lowest BCUT2D eigenvalue weighted by atomic mass is 10.2. The van der Waals surface area contributed by atoms with E-state index < -0.39 is 16.6 Å². The summed E-state index contributed by atoms with van der Waals surface area (Å²) in [5, 5.41) is -1.18. The van der Waals surface area contributed by atoms with Crippen LogP contribution in [0, 0.1) is 0 Å². The summed E-state index contributed by atoms with van der Waals surface area (Å²) in [5.41, 5.74) is 0. The van der Waals surface area contributed by atoms with Gasteiger partial charge in [-0.2, -0.15) is 0 Å². The predicted molar refractivity (Wildman–Crippen MR) is 47.7 cm³/mol. The molecule has 0 saturated heterocycles. The maximum Gasteiger partial charge on any atom is 0.250 e. The normalized spacial score (nSPS) is 12.5. The number of carbonyl (C=O) groups is 2. The van der Waals surface area contributed by atoms with Crippen molar-refractivity contribution in [2.75, 3.05) is 13.9 Å². The largest absolute Gasteiger partial charge is 0.359 e. The van der Waals surface area contributed by atoms with Crippen molar-refractivity contribution in [2.24, 2.45) is 0 Å². The first-order valence-corrected chi connectivity index (χ1v) is 4.31. The Labute approximate surface area is 86.1 Å². The van der Waals surface area contributed by atoms with Crippen LogP contribution in [0.5, 0.6) is 0 Å². The molecule has 0 fully saturated rings. The van der Waals surface area contributed by atoms with Gasteiger partial charge in [0.2, 0.25) is 5.24 Å². The van der Waals surface area contributed by atoms with Crippen molar-refractivity contribution >= 4 is 33.7 Å². The fraction of sp³-hybridized carbons (Fsp3) is 0.714. The second-order valence-electron chi connectivity index (χ2n) is 2.26. The highest BCUT2D eigenvalue weighted by atomic mass is 35.5. The van der Waals surface area contributed by atoms with Crippen molar-refractivity contribution in [3.63, 3.8) is 0 Å². The maximum atomic E-state index is 10.7. The summed E-state index contributed by atoms with van der Waals surface area (Å²) >= 11 is 10.3. The van der Waals surface area contributed by atoms with Crippen LogP contribution >= 0.6 is 23.2 Å². The number of ether oxygens (including phenoxy) is 2. The van der Waals surface area contributed by atoms with Crippen LogP contribution in [0.15, 0.2) is 0 Å². The number of hydrogen-bond acceptors (Lipinski definition) is 4. The van der Waals surface area contributed by atoms with Gasteiger partial charge in [0.25, 0.3) is 5.24 Å². The smallest absolute Gasteiger partial charge is 0.250 e. The van der Waals surface area contributed by atoms with Crippen molar-refractivity contribution < 1.29 is 19.1 Å². The van der Waals surface area contributed by atoms with Gasteiger partial charge in [-0.15, -0.1) is 0 Å². The summed E-state index contributed by atoms with van der Waals surface area (Å²) in [7, 11) is 1.42. The first-order valence-electron chi connectivity index (χ1n) is 3.56. The Morgan fingerprint density at radius 3 is 2.38 bits per heavy atom.